The highest BCUT2D eigenvalue weighted by Gasteiger charge is 2.27. The van der Waals surface area contributed by atoms with Crippen molar-refractivity contribution in [2.24, 2.45) is 0 Å². The van der Waals surface area contributed by atoms with Crippen molar-refractivity contribution in [3.63, 3.8) is 0 Å². The van der Waals surface area contributed by atoms with Gasteiger partial charge in [0.15, 0.2) is 0 Å². The van der Waals surface area contributed by atoms with E-state index < -0.39 is 46.5 Å². The molecule has 0 unspecified atom stereocenters. The summed E-state index contributed by atoms with van der Waals surface area (Å²) in [6.45, 7) is 7.81. The smallest absolute Gasteiger partial charge is 0.133 e. The van der Waals surface area contributed by atoms with Crippen LogP contribution >= 0.6 is 0 Å². The number of hydrogen-bond acceptors (Lipinski definition) is 2. The Bertz CT molecular complexity index is 3890. The zero-order chi connectivity index (χ0) is 54.3. The number of aryl methyl sites for hydroxylation is 4. The van der Waals surface area contributed by atoms with Gasteiger partial charge in [0.05, 0.1) is 33.6 Å². The second-order valence-corrected chi connectivity index (χ2v) is 19.8. The van der Waals surface area contributed by atoms with E-state index in [1.807, 2.05) is 122 Å². The van der Waals surface area contributed by atoms with E-state index in [1.54, 1.807) is 24.3 Å². The molecule has 0 atom stereocenters. The molecule has 0 N–H and O–H groups in total. The maximum Gasteiger partial charge on any atom is 0.133 e. The molecule has 0 fully saturated rings. The first kappa shape index (κ1) is 49.6. The first-order valence-corrected chi connectivity index (χ1v) is 25.2. The molecule has 12 rings (SSSR count). The lowest BCUT2D eigenvalue weighted by atomic mass is 9.91. The first-order valence-electron chi connectivity index (χ1n) is 25.2. The molecule has 10 heteroatoms. The summed E-state index contributed by atoms with van der Waals surface area (Å²) in [5.41, 5.74) is 5.64. The molecular weight excluding hydrogens is 997 g/mol. The second kappa shape index (κ2) is 19.4. The Morgan fingerprint density at radius 2 is 0.538 bits per heavy atom. The third kappa shape index (κ3) is 8.45. The summed E-state index contributed by atoms with van der Waals surface area (Å²) in [5.74, 6) is -6.89. The van der Waals surface area contributed by atoms with Gasteiger partial charge in [-0.3, -0.25) is 0 Å². The van der Waals surface area contributed by atoms with Gasteiger partial charge in [-0.1, -0.05) is 96.1 Å². The molecule has 12 aromatic carbocycles. The summed E-state index contributed by atoms with van der Waals surface area (Å²) in [5, 5.41) is 4.86. The molecule has 0 heterocycles. The van der Waals surface area contributed by atoms with E-state index in [9.17, 15) is 0 Å². The van der Waals surface area contributed by atoms with E-state index in [-0.39, 0.29) is 44.5 Å². The van der Waals surface area contributed by atoms with Crippen molar-refractivity contribution in [3.05, 3.63) is 263 Å². The molecule has 0 radical (unpaired) electrons. The second-order valence-electron chi connectivity index (χ2n) is 19.8. The molecule has 0 aliphatic carbocycles. The predicted octanol–water partition coefficient (Wildman–Crippen LogP) is 20.5. The lowest BCUT2D eigenvalue weighted by Gasteiger charge is -2.31. The van der Waals surface area contributed by atoms with Gasteiger partial charge in [-0.15, -0.1) is 0 Å². The molecule has 0 amide bonds. The van der Waals surface area contributed by atoms with Gasteiger partial charge in [0.25, 0.3) is 0 Å². The van der Waals surface area contributed by atoms with Gasteiger partial charge in [0.2, 0.25) is 0 Å². The summed E-state index contributed by atoms with van der Waals surface area (Å²) in [6.07, 6.45) is 0. The Hall–Kier alpha value is -9.28. The molecule has 0 aliphatic rings. The van der Waals surface area contributed by atoms with Crippen LogP contribution in [0.4, 0.5) is 69.2 Å². The van der Waals surface area contributed by atoms with Gasteiger partial charge in [-0.25, -0.2) is 35.1 Å². The normalized spacial score (nSPS) is 11.6. The van der Waals surface area contributed by atoms with Crippen LogP contribution in [0.2, 0.25) is 0 Å². The van der Waals surface area contributed by atoms with Crippen molar-refractivity contribution in [2.75, 3.05) is 9.80 Å². The van der Waals surface area contributed by atoms with E-state index in [1.165, 1.54) is 36.4 Å². The number of anilines is 6. The van der Waals surface area contributed by atoms with Gasteiger partial charge in [-0.05, 0) is 192 Å². The SMILES string of the molecule is Cc1ccc(N(c2cc(-c3c(F)cccc3F)cc(-c3c(F)cccc3F)c2)c2ccc3ccc4c(N(c5cc(-c6c(F)cccc6F)cc(-c6c(F)cccc6F)c5)c5ccc(C)cc5C)ccc5ccc2c3c54)c(C)c1. The summed E-state index contributed by atoms with van der Waals surface area (Å²) < 4.78 is 127. The molecule has 2 nitrogen and oxygen atoms in total. The standard InChI is InChI=1S/C68H44F8N2/c1-37-17-25-59(39(3)29-37)77(47-33-43(65-51(69)9-5-10-52(65)70)31-44(34-47)66-53(71)11-6-12-54(66)72)61-27-21-41-20-24-50-62(28-22-42-19-23-49(61)63(41)64(42)50)78(60-26-18-38(2)30-40(60)4)48-35-45(67-55(73)13-7-14-56(67)74)32-46(36-48)68-57(75)15-8-16-58(68)76/h5-36H,1-4H3. The van der Waals surface area contributed by atoms with Crippen LogP contribution in [0.15, 0.2) is 194 Å². The Labute approximate surface area is 444 Å². The molecule has 0 saturated carbocycles. The molecule has 0 bridgehead atoms. The summed E-state index contributed by atoms with van der Waals surface area (Å²) >= 11 is 0. The van der Waals surface area contributed by atoms with Gasteiger partial charge in [-0.2, -0.15) is 0 Å². The number of benzene rings is 12. The molecule has 12 aromatic rings. The topological polar surface area (TPSA) is 6.48 Å². The highest BCUT2D eigenvalue weighted by molar-refractivity contribution is 6.28. The van der Waals surface area contributed by atoms with E-state index in [0.717, 1.165) is 103 Å². The molecule has 0 saturated heterocycles. The maximum atomic E-state index is 15.9. The van der Waals surface area contributed by atoms with Crippen LogP contribution in [0.5, 0.6) is 0 Å². The fraction of sp³-hybridized carbons (Fsp3) is 0.0588. The fourth-order valence-electron chi connectivity index (χ4n) is 11.2. The largest absolute Gasteiger partial charge is 0.310 e. The zero-order valence-corrected chi connectivity index (χ0v) is 42.4. The van der Waals surface area contributed by atoms with Crippen molar-refractivity contribution in [1.82, 2.24) is 0 Å². The summed E-state index contributed by atoms with van der Waals surface area (Å²) in [7, 11) is 0. The van der Waals surface area contributed by atoms with Crippen molar-refractivity contribution in [3.8, 4) is 44.5 Å². The maximum absolute atomic E-state index is 15.9. The van der Waals surface area contributed by atoms with Crippen molar-refractivity contribution in [1.29, 1.82) is 0 Å². The molecule has 382 valence electrons. The van der Waals surface area contributed by atoms with Gasteiger partial charge >= 0.3 is 0 Å². The van der Waals surface area contributed by atoms with E-state index >= 15 is 35.1 Å². The number of halogens is 8. The lowest BCUT2D eigenvalue weighted by molar-refractivity contribution is 0.588. The number of nitrogens with zero attached hydrogens (tertiary/aromatic N) is 2. The Morgan fingerprint density at radius 1 is 0.269 bits per heavy atom. The quantitative estimate of drug-likeness (QED) is 0.0995. The number of rotatable bonds is 10. The van der Waals surface area contributed by atoms with Crippen LogP contribution < -0.4 is 9.80 Å². The van der Waals surface area contributed by atoms with Crippen molar-refractivity contribution >= 4 is 66.4 Å². The lowest BCUT2D eigenvalue weighted by Crippen LogP contribution is -2.13. The third-order valence-corrected chi connectivity index (χ3v) is 14.6. The van der Waals surface area contributed by atoms with E-state index in [2.05, 4.69) is 0 Å². The van der Waals surface area contributed by atoms with Gasteiger partial charge < -0.3 is 9.80 Å². The average Bonchev–Trinajstić information content (AvgIpc) is 3.59. The molecular formula is C68H44F8N2. The summed E-state index contributed by atoms with van der Waals surface area (Å²) in [6, 6.07) is 50.9. The Kier molecular flexibility index (Phi) is 12.3. The van der Waals surface area contributed by atoms with Crippen LogP contribution in [-0.2, 0) is 0 Å². The minimum Gasteiger partial charge on any atom is -0.310 e. The molecule has 78 heavy (non-hydrogen) atoms. The van der Waals surface area contributed by atoms with Crippen LogP contribution in [0.3, 0.4) is 0 Å². The number of hydrogen-bond donors (Lipinski definition) is 0. The van der Waals surface area contributed by atoms with Gasteiger partial charge in [0, 0.05) is 33.5 Å². The van der Waals surface area contributed by atoms with Crippen LogP contribution in [0.1, 0.15) is 22.3 Å². The van der Waals surface area contributed by atoms with Gasteiger partial charge in [0.1, 0.15) is 46.5 Å². The zero-order valence-electron chi connectivity index (χ0n) is 42.4. The van der Waals surface area contributed by atoms with E-state index in [0.29, 0.717) is 34.1 Å². The van der Waals surface area contributed by atoms with Crippen molar-refractivity contribution < 1.29 is 35.1 Å². The van der Waals surface area contributed by atoms with Crippen LogP contribution in [-0.4, -0.2) is 0 Å². The monoisotopic (exact) mass is 1040 g/mol. The fourth-order valence-corrected chi connectivity index (χ4v) is 11.2. The minimum atomic E-state index is -0.861. The molecule has 0 spiro atoms. The Balaban J connectivity index is 1.15. The first-order chi connectivity index (χ1) is 37.6. The van der Waals surface area contributed by atoms with Crippen LogP contribution in [0, 0.1) is 74.2 Å². The highest BCUT2D eigenvalue weighted by atomic mass is 19.2. The summed E-state index contributed by atoms with van der Waals surface area (Å²) in [4.78, 5) is 3.87. The highest BCUT2D eigenvalue weighted by Crippen LogP contribution is 2.51. The average molecular weight is 1040 g/mol. The molecule has 0 aliphatic heterocycles. The minimum absolute atomic E-state index is 0.0482. The van der Waals surface area contributed by atoms with E-state index in [4.69, 9.17) is 0 Å². The molecule has 0 aromatic heterocycles. The van der Waals surface area contributed by atoms with Crippen LogP contribution in [0.25, 0.3) is 76.8 Å². The Morgan fingerprint density at radius 3 is 0.821 bits per heavy atom. The third-order valence-electron chi connectivity index (χ3n) is 14.6. The predicted molar refractivity (Wildman–Crippen MR) is 300 cm³/mol. The van der Waals surface area contributed by atoms with Crippen molar-refractivity contribution in [2.45, 2.75) is 27.7 Å².